The molecule has 22 heavy (non-hydrogen) atoms. The van der Waals surface area contributed by atoms with Crippen LogP contribution < -0.4 is 4.72 Å². The second-order valence-corrected chi connectivity index (χ2v) is 7.46. The average Bonchev–Trinajstić information content (AvgIpc) is 3.04. The molecule has 0 fully saturated rings. The molecule has 1 aliphatic rings. The van der Waals surface area contributed by atoms with Gasteiger partial charge in [-0.05, 0) is 42.5 Å². The van der Waals surface area contributed by atoms with Gasteiger partial charge in [-0.2, -0.15) is 13.2 Å². The molecule has 0 radical (unpaired) electrons. The molecule has 1 aromatic carbocycles. The topological polar surface area (TPSA) is 72.0 Å². The van der Waals surface area contributed by atoms with Gasteiger partial charge in [0.05, 0.1) is 4.90 Å². The van der Waals surface area contributed by atoms with Crippen LogP contribution in [0.25, 0.3) is 0 Å². The normalized spacial score (nSPS) is 14.9. The van der Waals surface area contributed by atoms with E-state index in [2.05, 4.69) is 10.2 Å². The van der Waals surface area contributed by atoms with Crippen LogP contribution in [0.1, 0.15) is 22.6 Å². The molecule has 118 valence electrons. The minimum atomic E-state index is -4.64. The van der Waals surface area contributed by atoms with E-state index in [0.29, 0.717) is 0 Å². The number of fused-ring (bicyclic) bond motifs is 1. The first-order valence-corrected chi connectivity index (χ1v) is 8.61. The van der Waals surface area contributed by atoms with Crippen molar-refractivity contribution in [2.24, 2.45) is 0 Å². The Bertz CT molecular complexity index is 815. The molecule has 1 N–H and O–H groups in total. The zero-order chi connectivity index (χ0) is 16.0. The van der Waals surface area contributed by atoms with Crippen LogP contribution in [0.15, 0.2) is 23.1 Å². The van der Waals surface area contributed by atoms with Crippen molar-refractivity contribution >= 4 is 26.5 Å². The number of aryl methyl sites for hydroxylation is 2. The van der Waals surface area contributed by atoms with Gasteiger partial charge >= 0.3 is 6.18 Å². The molecule has 0 saturated carbocycles. The lowest BCUT2D eigenvalue weighted by molar-refractivity contribution is -0.138. The van der Waals surface area contributed by atoms with Gasteiger partial charge < -0.3 is 0 Å². The summed E-state index contributed by atoms with van der Waals surface area (Å²) in [5.74, 6) is 0. The summed E-state index contributed by atoms with van der Waals surface area (Å²) < 4.78 is 63.8. The number of alkyl halides is 3. The maximum Gasteiger partial charge on any atom is 0.445 e. The third kappa shape index (κ3) is 2.93. The van der Waals surface area contributed by atoms with Crippen molar-refractivity contribution in [3.05, 3.63) is 34.3 Å². The summed E-state index contributed by atoms with van der Waals surface area (Å²) in [5, 5.41) is 4.56. The fourth-order valence-electron chi connectivity index (χ4n) is 2.27. The summed E-state index contributed by atoms with van der Waals surface area (Å²) in [4.78, 5) is 0.0110. The van der Waals surface area contributed by atoms with Gasteiger partial charge in [0.1, 0.15) is 0 Å². The predicted molar refractivity (Wildman–Crippen MR) is 74.2 cm³/mol. The van der Waals surface area contributed by atoms with E-state index in [1.807, 2.05) is 4.72 Å². The molecule has 0 bridgehead atoms. The van der Waals surface area contributed by atoms with Gasteiger partial charge in [0.2, 0.25) is 10.1 Å². The van der Waals surface area contributed by atoms with Crippen molar-refractivity contribution in [2.75, 3.05) is 4.72 Å². The van der Waals surface area contributed by atoms with Crippen LogP contribution in [0.3, 0.4) is 0 Å². The molecule has 0 saturated heterocycles. The molecule has 0 amide bonds. The van der Waals surface area contributed by atoms with E-state index in [0.717, 1.165) is 30.4 Å². The first kappa shape index (κ1) is 15.2. The Hall–Kier alpha value is -1.68. The Morgan fingerprint density at radius 1 is 1.14 bits per heavy atom. The molecule has 0 unspecified atom stereocenters. The van der Waals surface area contributed by atoms with E-state index in [4.69, 9.17) is 0 Å². The van der Waals surface area contributed by atoms with Crippen LogP contribution in [0.4, 0.5) is 18.3 Å². The van der Waals surface area contributed by atoms with Crippen molar-refractivity contribution < 1.29 is 21.6 Å². The number of anilines is 1. The van der Waals surface area contributed by atoms with E-state index in [1.165, 1.54) is 6.07 Å². The highest BCUT2D eigenvalue weighted by molar-refractivity contribution is 7.93. The number of sulfonamides is 1. The van der Waals surface area contributed by atoms with Gasteiger partial charge in [0.15, 0.2) is 0 Å². The number of benzene rings is 1. The largest absolute Gasteiger partial charge is 0.445 e. The van der Waals surface area contributed by atoms with E-state index in [-0.39, 0.29) is 16.2 Å². The highest BCUT2D eigenvalue weighted by Gasteiger charge is 2.36. The van der Waals surface area contributed by atoms with Crippen molar-refractivity contribution in [2.45, 2.75) is 30.3 Å². The Labute approximate surface area is 128 Å². The molecular formula is C12H10F3N3O2S2. The molecule has 0 atom stereocenters. The van der Waals surface area contributed by atoms with Crippen molar-refractivity contribution in [1.82, 2.24) is 10.2 Å². The summed E-state index contributed by atoms with van der Waals surface area (Å²) in [6, 6.07) is 4.73. The Morgan fingerprint density at radius 2 is 1.86 bits per heavy atom. The third-order valence-corrected chi connectivity index (χ3v) is 5.62. The minimum Gasteiger partial charge on any atom is -0.253 e. The number of hydrogen-bond acceptors (Lipinski definition) is 5. The fourth-order valence-corrected chi connectivity index (χ4v) is 4.16. The molecular weight excluding hydrogens is 339 g/mol. The van der Waals surface area contributed by atoms with Gasteiger partial charge in [-0.25, -0.2) is 8.42 Å². The first-order valence-electron chi connectivity index (χ1n) is 6.31. The molecule has 2 aromatic rings. The van der Waals surface area contributed by atoms with Crippen molar-refractivity contribution in [3.63, 3.8) is 0 Å². The maximum absolute atomic E-state index is 12.4. The molecule has 1 heterocycles. The van der Waals surface area contributed by atoms with Gasteiger partial charge in [-0.3, -0.25) is 4.72 Å². The number of aromatic nitrogens is 2. The quantitative estimate of drug-likeness (QED) is 0.925. The molecule has 0 spiro atoms. The van der Waals surface area contributed by atoms with Crippen LogP contribution in [0.2, 0.25) is 0 Å². The summed E-state index contributed by atoms with van der Waals surface area (Å²) in [6.07, 6.45) is -1.96. The first-order chi connectivity index (χ1) is 10.3. The van der Waals surface area contributed by atoms with Crippen molar-refractivity contribution in [3.8, 4) is 0 Å². The number of hydrogen-bond donors (Lipinski definition) is 1. The summed E-state index contributed by atoms with van der Waals surface area (Å²) in [5.41, 5.74) is 2.06. The highest BCUT2D eigenvalue weighted by atomic mass is 32.2. The van der Waals surface area contributed by atoms with Crippen LogP contribution in [-0.4, -0.2) is 18.6 Å². The lowest BCUT2D eigenvalue weighted by Gasteiger charge is -2.07. The Balaban J connectivity index is 1.86. The van der Waals surface area contributed by atoms with Crippen LogP contribution >= 0.6 is 11.3 Å². The molecule has 5 nitrogen and oxygen atoms in total. The molecule has 1 aromatic heterocycles. The van der Waals surface area contributed by atoms with Gasteiger partial charge in [0, 0.05) is 0 Å². The van der Waals surface area contributed by atoms with Gasteiger partial charge in [0.25, 0.3) is 10.0 Å². The average molecular weight is 349 g/mol. The standard InChI is InChI=1S/C12H10F3N3O2S2/c13-12(14,15)10-16-17-11(21-10)18-22(19,20)9-5-4-7-2-1-3-8(7)6-9/h4-6H,1-3H2,(H,17,18). The number of nitrogens with one attached hydrogen (secondary N) is 1. The monoisotopic (exact) mass is 349 g/mol. The van der Waals surface area contributed by atoms with E-state index in [1.54, 1.807) is 12.1 Å². The number of nitrogens with zero attached hydrogens (tertiary/aromatic N) is 2. The van der Waals surface area contributed by atoms with Crippen LogP contribution in [0, 0.1) is 0 Å². The Kier molecular flexibility index (Phi) is 3.60. The minimum absolute atomic E-state index is 0.0110. The number of halogens is 3. The highest BCUT2D eigenvalue weighted by Crippen LogP contribution is 2.34. The van der Waals surface area contributed by atoms with Gasteiger partial charge in [-0.1, -0.05) is 17.4 Å². The number of rotatable bonds is 3. The lowest BCUT2D eigenvalue weighted by Crippen LogP contribution is -2.13. The second-order valence-electron chi connectivity index (χ2n) is 4.80. The zero-order valence-electron chi connectivity index (χ0n) is 11.0. The SMILES string of the molecule is O=S(=O)(Nc1nnc(C(F)(F)F)s1)c1ccc2c(c1)CCC2. The molecule has 3 rings (SSSR count). The van der Waals surface area contributed by atoms with Gasteiger partial charge in [-0.15, -0.1) is 10.2 Å². The molecule has 0 aliphatic heterocycles. The zero-order valence-corrected chi connectivity index (χ0v) is 12.6. The third-order valence-electron chi connectivity index (χ3n) is 3.27. The van der Waals surface area contributed by atoms with Crippen molar-refractivity contribution in [1.29, 1.82) is 0 Å². The smallest absolute Gasteiger partial charge is 0.253 e. The molecule has 1 aliphatic carbocycles. The van der Waals surface area contributed by atoms with Crippen LogP contribution in [0.5, 0.6) is 0 Å². The Morgan fingerprint density at radius 3 is 2.55 bits per heavy atom. The van der Waals surface area contributed by atoms with E-state index >= 15 is 0 Å². The predicted octanol–water partition coefficient (Wildman–Crippen LogP) is 2.85. The maximum atomic E-state index is 12.4. The molecule has 10 heteroatoms. The summed E-state index contributed by atoms with van der Waals surface area (Å²) in [6.45, 7) is 0. The van der Waals surface area contributed by atoms with Crippen LogP contribution in [-0.2, 0) is 29.0 Å². The summed E-state index contributed by atoms with van der Waals surface area (Å²) >= 11 is 0.149. The fraction of sp³-hybridized carbons (Fsp3) is 0.333. The summed E-state index contributed by atoms with van der Waals surface area (Å²) in [7, 11) is -3.98. The van der Waals surface area contributed by atoms with E-state index in [9.17, 15) is 21.6 Å². The lowest BCUT2D eigenvalue weighted by atomic mass is 10.1. The van der Waals surface area contributed by atoms with E-state index < -0.39 is 26.3 Å². The second kappa shape index (κ2) is 5.20.